The number of carbonyl (C=O) groups is 1. The summed E-state index contributed by atoms with van der Waals surface area (Å²) in [6, 6.07) is 14.5. The van der Waals surface area contributed by atoms with Crippen LogP contribution < -0.4 is 5.32 Å². The van der Waals surface area contributed by atoms with E-state index in [0.717, 1.165) is 50.2 Å². The smallest absolute Gasteiger partial charge is 0.223 e. The van der Waals surface area contributed by atoms with Crippen molar-refractivity contribution < 1.29 is 4.79 Å². The van der Waals surface area contributed by atoms with Crippen LogP contribution >= 0.6 is 12.2 Å². The highest BCUT2D eigenvalue weighted by Crippen LogP contribution is 2.29. The number of hydrogen-bond donors (Lipinski definition) is 1. The van der Waals surface area contributed by atoms with E-state index >= 15 is 0 Å². The first-order valence-corrected chi connectivity index (χ1v) is 11.7. The van der Waals surface area contributed by atoms with Crippen LogP contribution in [0.5, 0.6) is 0 Å². The average molecular weight is 449 g/mol. The molecule has 1 amide bonds. The molecule has 8 heteroatoms. The van der Waals surface area contributed by atoms with Gasteiger partial charge in [-0.15, -0.1) is 0 Å². The van der Waals surface area contributed by atoms with Gasteiger partial charge in [-0.05, 0) is 55.6 Å². The molecule has 2 aliphatic rings. The van der Waals surface area contributed by atoms with E-state index in [9.17, 15) is 4.79 Å². The fraction of sp³-hybridized carbons (Fsp3) is 0.417. The molecule has 0 spiro atoms. The minimum Gasteiger partial charge on any atom is -0.353 e. The van der Waals surface area contributed by atoms with Gasteiger partial charge in [0.2, 0.25) is 5.91 Å². The van der Waals surface area contributed by atoms with Gasteiger partial charge < -0.3 is 5.32 Å². The topological polar surface area (TPSA) is 68.0 Å². The summed E-state index contributed by atoms with van der Waals surface area (Å²) in [7, 11) is 0. The molecular formula is C24H28N6OS. The number of nitrogens with one attached hydrogen (secondary N) is 1. The van der Waals surface area contributed by atoms with Gasteiger partial charge >= 0.3 is 0 Å². The maximum Gasteiger partial charge on any atom is 0.223 e. The quantitative estimate of drug-likeness (QED) is 0.561. The van der Waals surface area contributed by atoms with Crippen LogP contribution in [-0.4, -0.2) is 49.3 Å². The van der Waals surface area contributed by atoms with Crippen molar-refractivity contribution >= 4 is 18.1 Å². The van der Waals surface area contributed by atoms with Gasteiger partial charge in [0.1, 0.15) is 0 Å². The molecule has 2 fully saturated rings. The van der Waals surface area contributed by atoms with Crippen molar-refractivity contribution in [1.29, 1.82) is 0 Å². The Morgan fingerprint density at radius 2 is 1.84 bits per heavy atom. The molecule has 1 aromatic carbocycles. The van der Waals surface area contributed by atoms with Crippen LogP contribution in [0.3, 0.4) is 0 Å². The van der Waals surface area contributed by atoms with E-state index in [2.05, 4.69) is 31.9 Å². The molecule has 0 unspecified atom stereocenters. The molecule has 3 aromatic rings. The molecule has 2 aromatic heterocycles. The zero-order valence-corrected chi connectivity index (χ0v) is 18.9. The number of rotatable bonds is 7. The molecular weight excluding hydrogens is 420 g/mol. The number of aromatic nitrogens is 4. The van der Waals surface area contributed by atoms with Crippen LogP contribution in [0, 0.1) is 10.7 Å². The lowest BCUT2D eigenvalue weighted by Gasteiger charge is -2.32. The van der Waals surface area contributed by atoms with Crippen LogP contribution in [0.4, 0.5) is 0 Å². The molecule has 32 heavy (non-hydrogen) atoms. The van der Waals surface area contributed by atoms with Crippen molar-refractivity contribution in [2.45, 2.75) is 44.9 Å². The van der Waals surface area contributed by atoms with Crippen LogP contribution in [-0.2, 0) is 18.0 Å². The van der Waals surface area contributed by atoms with Crippen molar-refractivity contribution in [3.8, 4) is 11.4 Å². The highest BCUT2D eigenvalue weighted by Gasteiger charge is 2.31. The summed E-state index contributed by atoms with van der Waals surface area (Å²) in [5.74, 6) is 1.34. The van der Waals surface area contributed by atoms with Gasteiger partial charge in [0, 0.05) is 43.0 Å². The second-order valence-electron chi connectivity index (χ2n) is 8.74. The molecule has 1 aliphatic carbocycles. The Labute approximate surface area is 193 Å². The Morgan fingerprint density at radius 1 is 1.06 bits per heavy atom. The van der Waals surface area contributed by atoms with Crippen molar-refractivity contribution in [1.82, 2.24) is 29.5 Å². The summed E-state index contributed by atoms with van der Waals surface area (Å²) in [4.78, 5) is 18.7. The lowest BCUT2D eigenvalue weighted by Crippen LogP contribution is -2.45. The van der Waals surface area contributed by atoms with Crippen molar-refractivity contribution in [3.05, 3.63) is 65.2 Å². The maximum absolute atomic E-state index is 12.1. The zero-order valence-electron chi connectivity index (χ0n) is 18.1. The third-order valence-corrected chi connectivity index (χ3v) is 6.67. The Balaban J connectivity index is 1.32. The second-order valence-corrected chi connectivity index (χ2v) is 9.10. The summed E-state index contributed by atoms with van der Waals surface area (Å²) in [6.07, 6.45) is 7.62. The highest BCUT2D eigenvalue weighted by molar-refractivity contribution is 7.71. The van der Waals surface area contributed by atoms with Gasteiger partial charge in [-0.1, -0.05) is 30.3 Å². The number of benzene rings is 1. The SMILES string of the molecule is O=C(NC1CCN(Cn2nc(-c3cccnc3)n(Cc3ccccc3)c2=S)CC1)C1CC1. The largest absolute Gasteiger partial charge is 0.353 e. The van der Waals surface area contributed by atoms with Crippen LogP contribution in [0.25, 0.3) is 11.4 Å². The van der Waals surface area contributed by atoms with Gasteiger partial charge in [0.25, 0.3) is 0 Å². The highest BCUT2D eigenvalue weighted by atomic mass is 32.1. The summed E-state index contributed by atoms with van der Waals surface area (Å²) >= 11 is 5.86. The van der Waals surface area contributed by atoms with Crippen molar-refractivity contribution in [3.63, 3.8) is 0 Å². The number of likely N-dealkylation sites (tertiary alicyclic amines) is 1. The first-order chi connectivity index (χ1) is 15.7. The monoisotopic (exact) mass is 448 g/mol. The number of nitrogens with zero attached hydrogens (tertiary/aromatic N) is 5. The van der Waals surface area contributed by atoms with E-state index in [4.69, 9.17) is 17.3 Å². The third kappa shape index (κ3) is 4.81. The van der Waals surface area contributed by atoms with E-state index in [1.54, 1.807) is 6.20 Å². The predicted molar refractivity (Wildman–Crippen MR) is 125 cm³/mol. The Bertz CT molecular complexity index is 1110. The minimum atomic E-state index is 0.242. The molecule has 0 bridgehead atoms. The van der Waals surface area contributed by atoms with E-state index in [1.807, 2.05) is 41.2 Å². The molecule has 0 atom stereocenters. The minimum absolute atomic E-state index is 0.242. The zero-order chi connectivity index (χ0) is 21.9. The van der Waals surface area contributed by atoms with Crippen LogP contribution in [0.1, 0.15) is 31.2 Å². The average Bonchev–Trinajstić information content (AvgIpc) is 3.64. The maximum atomic E-state index is 12.1. The Morgan fingerprint density at radius 3 is 2.53 bits per heavy atom. The summed E-state index contributed by atoms with van der Waals surface area (Å²) in [6.45, 7) is 3.16. The van der Waals surface area contributed by atoms with Crippen LogP contribution in [0.2, 0.25) is 0 Å². The standard InChI is InChI=1S/C24H28N6OS/c31-23(19-8-9-19)26-21-10-13-28(14-11-21)17-30-24(32)29(16-18-5-2-1-3-6-18)22(27-30)20-7-4-12-25-15-20/h1-7,12,15,19,21H,8-11,13-14,16-17H2,(H,26,31). The molecule has 7 nitrogen and oxygen atoms in total. The number of carbonyl (C=O) groups excluding carboxylic acids is 1. The number of amides is 1. The first-order valence-electron chi connectivity index (χ1n) is 11.3. The van der Waals surface area contributed by atoms with Gasteiger partial charge in [-0.3, -0.25) is 19.2 Å². The lowest BCUT2D eigenvalue weighted by atomic mass is 10.1. The van der Waals surface area contributed by atoms with E-state index in [0.29, 0.717) is 18.0 Å². The third-order valence-electron chi connectivity index (χ3n) is 6.24. The first kappa shape index (κ1) is 21.0. The molecule has 0 radical (unpaired) electrons. The number of pyridine rings is 1. The Hall–Kier alpha value is -2.84. The Kier molecular flexibility index (Phi) is 6.14. The fourth-order valence-electron chi connectivity index (χ4n) is 4.22. The molecule has 1 saturated carbocycles. The van der Waals surface area contributed by atoms with Crippen LogP contribution in [0.15, 0.2) is 54.9 Å². The normalized spacial score (nSPS) is 17.4. The van der Waals surface area contributed by atoms with Gasteiger partial charge in [0.05, 0.1) is 13.2 Å². The van der Waals surface area contributed by atoms with Gasteiger partial charge in [-0.2, -0.15) is 5.10 Å². The molecule has 1 N–H and O–H groups in total. The molecule has 166 valence electrons. The van der Waals surface area contributed by atoms with E-state index in [-0.39, 0.29) is 17.9 Å². The van der Waals surface area contributed by atoms with E-state index < -0.39 is 0 Å². The lowest BCUT2D eigenvalue weighted by molar-refractivity contribution is -0.123. The molecule has 1 aliphatic heterocycles. The van der Waals surface area contributed by atoms with E-state index in [1.165, 1.54) is 5.56 Å². The molecule has 3 heterocycles. The number of hydrogen-bond acceptors (Lipinski definition) is 5. The molecule has 1 saturated heterocycles. The van der Waals surface area contributed by atoms with Gasteiger partial charge in [0.15, 0.2) is 10.6 Å². The fourth-order valence-corrected chi connectivity index (χ4v) is 4.47. The predicted octanol–water partition coefficient (Wildman–Crippen LogP) is 3.47. The van der Waals surface area contributed by atoms with Crippen molar-refractivity contribution in [2.75, 3.05) is 13.1 Å². The van der Waals surface area contributed by atoms with Crippen molar-refractivity contribution in [2.24, 2.45) is 5.92 Å². The van der Waals surface area contributed by atoms with Gasteiger partial charge in [-0.25, -0.2) is 4.68 Å². The summed E-state index contributed by atoms with van der Waals surface area (Å²) < 4.78 is 4.71. The molecule has 5 rings (SSSR count). The summed E-state index contributed by atoms with van der Waals surface area (Å²) in [5, 5.41) is 8.11. The summed E-state index contributed by atoms with van der Waals surface area (Å²) in [5.41, 5.74) is 2.13. The second kappa shape index (κ2) is 9.34. The number of piperidine rings is 1.